The van der Waals surface area contributed by atoms with E-state index in [2.05, 4.69) is 10.0 Å². The van der Waals surface area contributed by atoms with Crippen molar-refractivity contribution in [2.24, 2.45) is 0 Å². The molecule has 23 heavy (non-hydrogen) atoms. The molecule has 122 valence electrons. The van der Waals surface area contributed by atoms with Gasteiger partial charge in [-0.15, -0.1) is 0 Å². The van der Waals surface area contributed by atoms with Crippen LogP contribution in [0.4, 0.5) is 11.4 Å². The average Bonchev–Trinajstić information content (AvgIpc) is 2.47. The van der Waals surface area contributed by atoms with Crippen LogP contribution in [0.3, 0.4) is 0 Å². The van der Waals surface area contributed by atoms with Gasteiger partial charge in [-0.3, -0.25) is 9.52 Å². The summed E-state index contributed by atoms with van der Waals surface area (Å²) >= 11 is 0. The van der Waals surface area contributed by atoms with Crippen molar-refractivity contribution in [3.05, 3.63) is 59.7 Å². The zero-order chi connectivity index (χ0) is 16.9. The summed E-state index contributed by atoms with van der Waals surface area (Å²) in [7, 11) is -3.45. The molecule has 6 heteroatoms. The SMILES string of the molecule is CCCS(=O)(=O)Nc1ccccc1C(=O)Nc1cccc(C)c1. The first-order chi connectivity index (χ1) is 10.9. The summed E-state index contributed by atoms with van der Waals surface area (Å²) in [5.74, 6) is -0.341. The molecule has 1 amide bonds. The van der Waals surface area contributed by atoms with E-state index in [0.717, 1.165) is 5.56 Å². The summed E-state index contributed by atoms with van der Waals surface area (Å²) in [6, 6.07) is 14.0. The van der Waals surface area contributed by atoms with Crippen molar-refractivity contribution in [3.8, 4) is 0 Å². The van der Waals surface area contributed by atoms with E-state index in [0.29, 0.717) is 12.1 Å². The molecule has 5 nitrogen and oxygen atoms in total. The van der Waals surface area contributed by atoms with Crippen LogP contribution in [0.25, 0.3) is 0 Å². The highest BCUT2D eigenvalue weighted by Gasteiger charge is 2.16. The highest BCUT2D eigenvalue weighted by atomic mass is 32.2. The van der Waals surface area contributed by atoms with Gasteiger partial charge < -0.3 is 5.32 Å². The Hall–Kier alpha value is -2.34. The van der Waals surface area contributed by atoms with E-state index in [4.69, 9.17) is 0 Å². The van der Waals surface area contributed by atoms with Gasteiger partial charge in [0, 0.05) is 5.69 Å². The van der Waals surface area contributed by atoms with Crippen molar-refractivity contribution in [2.75, 3.05) is 15.8 Å². The molecule has 0 unspecified atom stereocenters. The molecular weight excluding hydrogens is 312 g/mol. The molecule has 0 aliphatic carbocycles. The van der Waals surface area contributed by atoms with Gasteiger partial charge in [0.2, 0.25) is 10.0 Å². The molecule has 2 N–H and O–H groups in total. The second-order valence-electron chi connectivity index (χ2n) is 5.29. The van der Waals surface area contributed by atoms with Gasteiger partial charge in [-0.05, 0) is 43.2 Å². The Morgan fingerprint density at radius 3 is 2.52 bits per heavy atom. The van der Waals surface area contributed by atoms with Gasteiger partial charge in [0.25, 0.3) is 5.91 Å². The van der Waals surface area contributed by atoms with E-state index in [1.165, 1.54) is 0 Å². The maximum atomic E-state index is 12.4. The molecule has 0 aliphatic rings. The van der Waals surface area contributed by atoms with Gasteiger partial charge in [0.15, 0.2) is 0 Å². The summed E-state index contributed by atoms with van der Waals surface area (Å²) < 4.78 is 26.3. The maximum Gasteiger partial charge on any atom is 0.257 e. The lowest BCUT2D eigenvalue weighted by molar-refractivity contribution is 0.102. The standard InChI is InChI=1S/C17H20N2O3S/c1-3-11-23(21,22)19-16-10-5-4-9-15(16)17(20)18-14-8-6-7-13(2)12-14/h4-10,12,19H,3,11H2,1-2H3,(H,18,20). The average molecular weight is 332 g/mol. The smallest absolute Gasteiger partial charge is 0.257 e. The zero-order valence-electron chi connectivity index (χ0n) is 13.2. The number of para-hydroxylation sites is 1. The molecule has 2 aromatic rings. The number of hydrogen-bond acceptors (Lipinski definition) is 3. The molecule has 0 radical (unpaired) electrons. The highest BCUT2D eigenvalue weighted by Crippen LogP contribution is 2.19. The number of amides is 1. The van der Waals surface area contributed by atoms with Crippen molar-refractivity contribution < 1.29 is 13.2 Å². The second-order valence-corrected chi connectivity index (χ2v) is 7.13. The molecule has 0 saturated carbocycles. The minimum atomic E-state index is -3.45. The number of aryl methyl sites for hydroxylation is 1. The van der Waals surface area contributed by atoms with Crippen molar-refractivity contribution in [2.45, 2.75) is 20.3 Å². The van der Waals surface area contributed by atoms with E-state index in [9.17, 15) is 13.2 Å². The number of carbonyl (C=O) groups is 1. The molecule has 0 atom stereocenters. The number of benzene rings is 2. The maximum absolute atomic E-state index is 12.4. The van der Waals surface area contributed by atoms with Crippen molar-refractivity contribution >= 4 is 27.3 Å². The van der Waals surface area contributed by atoms with Crippen LogP contribution in [0.5, 0.6) is 0 Å². The quantitative estimate of drug-likeness (QED) is 0.851. The molecule has 0 heterocycles. The largest absolute Gasteiger partial charge is 0.322 e. The lowest BCUT2D eigenvalue weighted by Crippen LogP contribution is -2.20. The molecular formula is C17H20N2O3S. The lowest BCUT2D eigenvalue weighted by Gasteiger charge is -2.12. The molecule has 0 spiro atoms. The number of sulfonamides is 1. The van der Waals surface area contributed by atoms with Gasteiger partial charge in [-0.25, -0.2) is 8.42 Å². The van der Waals surface area contributed by atoms with Crippen LogP contribution in [0, 0.1) is 6.92 Å². The van der Waals surface area contributed by atoms with Crippen molar-refractivity contribution in [1.29, 1.82) is 0 Å². The predicted octanol–water partition coefficient (Wildman–Crippen LogP) is 3.40. The van der Waals surface area contributed by atoms with Crippen LogP contribution < -0.4 is 10.0 Å². The van der Waals surface area contributed by atoms with Crippen molar-refractivity contribution in [1.82, 2.24) is 0 Å². The Labute approximate surface area is 136 Å². The summed E-state index contributed by atoms with van der Waals surface area (Å²) in [6.45, 7) is 3.72. The Morgan fingerprint density at radius 1 is 1.09 bits per heavy atom. The van der Waals surface area contributed by atoms with Gasteiger partial charge in [-0.1, -0.05) is 31.2 Å². The van der Waals surface area contributed by atoms with Gasteiger partial charge in [-0.2, -0.15) is 0 Å². The molecule has 0 bridgehead atoms. The number of anilines is 2. The zero-order valence-corrected chi connectivity index (χ0v) is 14.0. The Kier molecular flexibility index (Phi) is 5.39. The summed E-state index contributed by atoms with van der Waals surface area (Å²) in [5.41, 5.74) is 2.26. The normalized spacial score (nSPS) is 11.0. The predicted molar refractivity (Wildman–Crippen MR) is 93.3 cm³/mol. The molecule has 0 saturated heterocycles. The Morgan fingerprint density at radius 2 is 1.83 bits per heavy atom. The monoisotopic (exact) mass is 332 g/mol. The molecule has 0 aliphatic heterocycles. The van der Waals surface area contributed by atoms with Crippen LogP contribution in [0.1, 0.15) is 29.3 Å². The van der Waals surface area contributed by atoms with Crippen LogP contribution >= 0.6 is 0 Å². The fraction of sp³-hybridized carbons (Fsp3) is 0.235. The Bertz CT molecular complexity index is 801. The summed E-state index contributed by atoms with van der Waals surface area (Å²) in [4.78, 5) is 12.4. The van der Waals surface area contributed by atoms with E-state index >= 15 is 0 Å². The fourth-order valence-electron chi connectivity index (χ4n) is 2.18. The third-order valence-corrected chi connectivity index (χ3v) is 4.66. The summed E-state index contributed by atoms with van der Waals surface area (Å²) in [6.07, 6.45) is 0.507. The fourth-order valence-corrected chi connectivity index (χ4v) is 3.33. The molecule has 0 aromatic heterocycles. The lowest BCUT2D eigenvalue weighted by atomic mass is 10.1. The van der Waals surface area contributed by atoms with E-state index < -0.39 is 10.0 Å². The van der Waals surface area contributed by atoms with Crippen LogP contribution in [0.2, 0.25) is 0 Å². The van der Waals surface area contributed by atoms with Gasteiger partial charge in [0.05, 0.1) is 17.0 Å². The van der Waals surface area contributed by atoms with Crippen LogP contribution in [0.15, 0.2) is 48.5 Å². The minimum absolute atomic E-state index is 0.0147. The van der Waals surface area contributed by atoms with Crippen LogP contribution in [-0.2, 0) is 10.0 Å². The first kappa shape index (κ1) is 17.0. The van der Waals surface area contributed by atoms with Crippen molar-refractivity contribution in [3.63, 3.8) is 0 Å². The van der Waals surface area contributed by atoms with E-state index in [1.807, 2.05) is 25.1 Å². The first-order valence-electron chi connectivity index (χ1n) is 7.39. The van der Waals surface area contributed by atoms with Crippen LogP contribution in [-0.4, -0.2) is 20.1 Å². The molecule has 2 rings (SSSR count). The highest BCUT2D eigenvalue weighted by molar-refractivity contribution is 7.92. The third kappa shape index (κ3) is 4.82. The van der Waals surface area contributed by atoms with E-state index in [-0.39, 0.29) is 22.9 Å². The number of nitrogens with one attached hydrogen (secondary N) is 2. The topological polar surface area (TPSA) is 75.3 Å². The minimum Gasteiger partial charge on any atom is -0.322 e. The first-order valence-corrected chi connectivity index (χ1v) is 9.04. The summed E-state index contributed by atoms with van der Waals surface area (Å²) in [5, 5.41) is 2.78. The van der Waals surface area contributed by atoms with Gasteiger partial charge in [0.1, 0.15) is 0 Å². The molecule has 0 fully saturated rings. The van der Waals surface area contributed by atoms with Gasteiger partial charge >= 0.3 is 0 Å². The number of carbonyl (C=O) groups excluding carboxylic acids is 1. The number of rotatable bonds is 6. The molecule has 2 aromatic carbocycles. The van der Waals surface area contributed by atoms with E-state index in [1.54, 1.807) is 37.3 Å². The Balaban J connectivity index is 2.24. The number of hydrogen-bond donors (Lipinski definition) is 2. The third-order valence-electron chi connectivity index (χ3n) is 3.19. The second kappa shape index (κ2) is 7.28.